The van der Waals surface area contributed by atoms with E-state index in [1.54, 1.807) is 11.0 Å². The summed E-state index contributed by atoms with van der Waals surface area (Å²) in [5.41, 5.74) is 0. The third-order valence-electron chi connectivity index (χ3n) is 5.80. The van der Waals surface area contributed by atoms with Gasteiger partial charge in [-0.1, -0.05) is 6.07 Å². The summed E-state index contributed by atoms with van der Waals surface area (Å²) in [5, 5.41) is 17.2. The van der Waals surface area contributed by atoms with Crippen LogP contribution in [0.2, 0.25) is 0 Å². The van der Waals surface area contributed by atoms with E-state index in [1.165, 1.54) is 16.1 Å². The average Bonchev–Trinajstić information content (AvgIpc) is 3.67. The van der Waals surface area contributed by atoms with Crippen LogP contribution < -0.4 is 5.32 Å². The number of ether oxygens (including phenoxy) is 2. The SMILES string of the molecule is CCOCCCN(C(=O)Cn1nnc(-c2ccc(C)o2)n1)C(C(=O)NCC1CCCO1)c1cccs1. The minimum Gasteiger partial charge on any atom is -0.458 e. The number of hydrogen-bond donors (Lipinski definition) is 1. The van der Waals surface area contributed by atoms with E-state index in [1.807, 2.05) is 37.4 Å². The highest BCUT2D eigenvalue weighted by atomic mass is 32.1. The Labute approximate surface area is 213 Å². The standard InChI is InChI=1S/C24H32N6O5S/c1-3-33-12-6-11-29(21(31)16-30-27-23(26-28-30)19-10-9-17(2)35-19)22(20-8-5-14-36-20)24(32)25-15-18-7-4-13-34-18/h5,8-10,14,18,22H,3-4,6-7,11-13,15-16H2,1-2H3,(H,25,32). The highest BCUT2D eigenvalue weighted by Crippen LogP contribution is 2.27. The predicted octanol–water partition coefficient (Wildman–Crippen LogP) is 2.59. The number of aromatic nitrogens is 4. The summed E-state index contributed by atoms with van der Waals surface area (Å²) in [4.78, 5) is 30.6. The van der Waals surface area contributed by atoms with Crippen LogP contribution in [0, 0.1) is 6.92 Å². The summed E-state index contributed by atoms with van der Waals surface area (Å²) in [6.45, 7) is 6.12. The van der Waals surface area contributed by atoms with E-state index in [9.17, 15) is 9.59 Å². The van der Waals surface area contributed by atoms with Crippen LogP contribution in [0.4, 0.5) is 0 Å². The summed E-state index contributed by atoms with van der Waals surface area (Å²) in [6, 6.07) is 6.52. The van der Waals surface area contributed by atoms with Gasteiger partial charge in [-0.05, 0) is 61.9 Å². The number of hydrogen-bond acceptors (Lipinski definition) is 9. The molecule has 1 aliphatic heterocycles. The Bertz CT molecular complexity index is 1110. The van der Waals surface area contributed by atoms with Gasteiger partial charge in [0.1, 0.15) is 18.3 Å². The van der Waals surface area contributed by atoms with Gasteiger partial charge >= 0.3 is 0 Å². The molecule has 1 fully saturated rings. The highest BCUT2D eigenvalue weighted by Gasteiger charge is 2.33. The molecule has 1 saturated heterocycles. The third kappa shape index (κ3) is 6.77. The molecular formula is C24H32N6O5S. The van der Waals surface area contributed by atoms with Gasteiger partial charge in [-0.3, -0.25) is 9.59 Å². The van der Waals surface area contributed by atoms with Crippen LogP contribution in [-0.2, 0) is 25.6 Å². The van der Waals surface area contributed by atoms with Crippen LogP contribution in [-0.4, -0.2) is 75.9 Å². The van der Waals surface area contributed by atoms with Crippen LogP contribution in [0.1, 0.15) is 42.9 Å². The molecule has 2 atom stereocenters. The number of aryl methyl sites for hydroxylation is 1. The third-order valence-corrected chi connectivity index (χ3v) is 6.73. The summed E-state index contributed by atoms with van der Waals surface area (Å²) in [7, 11) is 0. The molecule has 0 bridgehead atoms. The van der Waals surface area contributed by atoms with Crippen molar-refractivity contribution in [3.63, 3.8) is 0 Å². The van der Waals surface area contributed by atoms with Crippen molar-refractivity contribution in [2.75, 3.05) is 32.9 Å². The van der Waals surface area contributed by atoms with Crippen molar-refractivity contribution < 1.29 is 23.5 Å². The Hall–Kier alpha value is -3.09. The van der Waals surface area contributed by atoms with Gasteiger partial charge in [0.25, 0.3) is 0 Å². The van der Waals surface area contributed by atoms with Gasteiger partial charge in [-0.15, -0.1) is 21.5 Å². The zero-order valence-corrected chi connectivity index (χ0v) is 21.4. The van der Waals surface area contributed by atoms with Crippen LogP contribution in [0.5, 0.6) is 0 Å². The Morgan fingerprint density at radius 1 is 1.36 bits per heavy atom. The van der Waals surface area contributed by atoms with Crippen molar-refractivity contribution in [1.29, 1.82) is 0 Å². The van der Waals surface area contributed by atoms with Crippen LogP contribution in [0.15, 0.2) is 34.1 Å². The second-order valence-corrected chi connectivity index (χ2v) is 9.47. The molecule has 1 aliphatic rings. The molecule has 0 saturated carbocycles. The molecule has 11 nitrogen and oxygen atoms in total. The number of nitrogens with zero attached hydrogens (tertiary/aromatic N) is 5. The van der Waals surface area contributed by atoms with Crippen molar-refractivity contribution in [3.05, 3.63) is 40.3 Å². The van der Waals surface area contributed by atoms with Crippen LogP contribution >= 0.6 is 11.3 Å². The molecule has 2 amide bonds. The topological polar surface area (TPSA) is 125 Å². The van der Waals surface area contributed by atoms with Gasteiger partial charge < -0.3 is 24.1 Å². The molecule has 0 aliphatic carbocycles. The van der Waals surface area contributed by atoms with E-state index in [0.29, 0.717) is 50.9 Å². The largest absolute Gasteiger partial charge is 0.458 e. The van der Waals surface area contributed by atoms with Gasteiger partial charge in [0.15, 0.2) is 5.76 Å². The Balaban J connectivity index is 1.51. The first-order valence-corrected chi connectivity index (χ1v) is 13.1. The average molecular weight is 517 g/mol. The predicted molar refractivity (Wildman–Crippen MR) is 132 cm³/mol. The van der Waals surface area contributed by atoms with Gasteiger partial charge in [0.05, 0.1) is 6.10 Å². The number of carbonyl (C=O) groups excluding carboxylic acids is 2. The molecule has 194 valence electrons. The molecule has 0 aromatic carbocycles. The zero-order valence-electron chi connectivity index (χ0n) is 20.6. The second kappa shape index (κ2) is 12.7. The van der Waals surface area contributed by atoms with E-state index in [2.05, 4.69) is 20.7 Å². The molecule has 4 rings (SSSR count). The Kier molecular flexibility index (Phi) is 9.20. The molecule has 3 aromatic rings. The maximum absolute atomic E-state index is 13.6. The molecule has 36 heavy (non-hydrogen) atoms. The normalized spacial score (nSPS) is 16.2. The van der Waals surface area contributed by atoms with Gasteiger partial charge in [-0.2, -0.15) is 4.80 Å². The lowest BCUT2D eigenvalue weighted by Gasteiger charge is -2.30. The quantitative estimate of drug-likeness (QED) is 0.344. The number of thiophene rings is 1. The first-order chi connectivity index (χ1) is 17.5. The number of tetrazole rings is 1. The zero-order chi connectivity index (χ0) is 25.3. The van der Waals surface area contributed by atoms with Crippen molar-refractivity contribution in [2.45, 2.75) is 51.8 Å². The van der Waals surface area contributed by atoms with Gasteiger partial charge in [0, 0.05) is 37.8 Å². The van der Waals surface area contributed by atoms with Crippen LogP contribution in [0.25, 0.3) is 11.6 Å². The number of carbonyl (C=O) groups is 2. The smallest absolute Gasteiger partial charge is 0.248 e. The molecule has 0 spiro atoms. The lowest BCUT2D eigenvalue weighted by atomic mass is 10.1. The van der Waals surface area contributed by atoms with E-state index < -0.39 is 6.04 Å². The lowest BCUT2D eigenvalue weighted by Crippen LogP contribution is -2.46. The molecule has 2 unspecified atom stereocenters. The Morgan fingerprint density at radius 3 is 2.94 bits per heavy atom. The summed E-state index contributed by atoms with van der Waals surface area (Å²) in [6.07, 6.45) is 2.49. The maximum Gasteiger partial charge on any atom is 0.248 e. The van der Waals surface area contributed by atoms with E-state index in [4.69, 9.17) is 13.9 Å². The van der Waals surface area contributed by atoms with Crippen molar-refractivity contribution in [2.24, 2.45) is 0 Å². The number of nitrogens with one attached hydrogen (secondary N) is 1. The fourth-order valence-electron chi connectivity index (χ4n) is 4.04. The van der Waals surface area contributed by atoms with Crippen molar-refractivity contribution >= 4 is 23.2 Å². The molecule has 1 N–H and O–H groups in total. The summed E-state index contributed by atoms with van der Waals surface area (Å²) >= 11 is 1.44. The number of amides is 2. The fraction of sp³-hybridized carbons (Fsp3) is 0.542. The first kappa shape index (κ1) is 26.0. The fourth-order valence-corrected chi connectivity index (χ4v) is 4.88. The van der Waals surface area contributed by atoms with Crippen molar-refractivity contribution in [3.8, 4) is 11.6 Å². The molecule has 12 heteroatoms. The molecular weight excluding hydrogens is 484 g/mol. The van der Waals surface area contributed by atoms with E-state index in [-0.39, 0.29) is 24.5 Å². The minimum atomic E-state index is -0.781. The minimum absolute atomic E-state index is 0.00282. The second-order valence-electron chi connectivity index (χ2n) is 8.49. The van der Waals surface area contributed by atoms with Gasteiger partial charge in [0.2, 0.25) is 17.6 Å². The monoisotopic (exact) mass is 516 g/mol. The van der Waals surface area contributed by atoms with Crippen molar-refractivity contribution in [1.82, 2.24) is 30.4 Å². The van der Waals surface area contributed by atoms with E-state index >= 15 is 0 Å². The number of furan rings is 1. The molecule has 3 aromatic heterocycles. The van der Waals surface area contributed by atoms with Crippen LogP contribution in [0.3, 0.4) is 0 Å². The van der Waals surface area contributed by atoms with E-state index in [0.717, 1.165) is 23.5 Å². The Morgan fingerprint density at radius 2 is 2.25 bits per heavy atom. The number of rotatable bonds is 13. The highest BCUT2D eigenvalue weighted by molar-refractivity contribution is 7.10. The molecule has 4 heterocycles. The van der Waals surface area contributed by atoms with Gasteiger partial charge in [-0.25, -0.2) is 0 Å². The first-order valence-electron chi connectivity index (χ1n) is 12.2. The lowest BCUT2D eigenvalue weighted by molar-refractivity contribution is -0.142. The summed E-state index contributed by atoms with van der Waals surface area (Å²) in [5.74, 6) is 0.964. The summed E-state index contributed by atoms with van der Waals surface area (Å²) < 4.78 is 16.7. The maximum atomic E-state index is 13.6. The molecule has 0 radical (unpaired) electrons.